The Morgan fingerprint density at radius 2 is 1.82 bits per heavy atom. The van der Waals surface area contributed by atoms with Gasteiger partial charge >= 0.3 is 0 Å². The smallest absolute Gasteiger partial charge is 0.267 e. The van der Waals surface area contributed by atoms with Crippen LogP contribution in [0.5, 0.6) is 0 Å². The van der Waals surface area contributed by atoms with Crippen molar-refractivity contribution in [3.63, 3.8) is 0 Å². The van der Waals surface area contributed by atoms with Gasteiger partial charge in [0.05, 0.1) is 0 Å². The molecule has 1 aromatic carbocycles. The predicted molar refractivity (Wildman–Crippen MR) is 130 cm³/mol. The fourth-order valence-electron chi connectivity index (χ4n) is 4.21. The number of hydrogen-bond acceptors (Lipinski definition) is 6. The average molecular weight is 490 g/mol. The molecule has 33 heavy (non-hydrogen) atoms. The van der Waals surface area contributed by atoms with Crippen LogP contribution in [0.3, 0.4) is 0 Å². The van der Waals surface area contributed by atoms with Gasteiger partial charge in [-0.3, -0.25) is 14.4 Å². The van der Waals surface area contributed by atoms with Crippen LogP contribution in [-0.4, -0.2) is 53.8 Å². The van der Waals surface area contributed by atoms with E-state index in [9.17, 15) is 14.4 Å². The second-order valence-electron chi connectivity index (χ2n) is 8.43. The summed E-state index contributed by atoms with van der Waals surface area (Å²) in [5.41, 5.74) is 0.897. The van der Waals surface area contributed by atoms with Crippen LogP contribution >= 0.6 is 22.9 Å². The Morgan fingerprint density at radius 1 is 1.12 bits per heavy atom. The maximum atomic E-state index is 13.0. The zero-order chi connectivity index (χ0) is 23.4. The van der Waals surface area contributed by atoms with Crippen molar-refractivity contribution in [2.45, 2.75) is 39.2 Å². The maximum absolute atomic E-state index is 13.0. The number of carbonyl (C=O) groups excluding carboxylic acids is 3. The van der Waals surface area contributed by atoms with Gasteiger partial charge < -0.3 is 20.4 Å². The van der Waals surface area contributed by atoms with Gasteiger partial charge in [0.25, 0.3) is 5.91 Å². The first-order valence-electron chi connectivity index (χ1n) is 11.3. The van der Waals surface area contributed by atoms with E-state index in [0.717, 1.165) is 31.5 Å². The topological polar surface area (TPSA) is 94.6 Å². The predicted octanol–water partition coefficient (Wildman–Crippen LogP) is 3.52. The van der Waals surface area contributed by atoms with Crippen LogP contribution in [0.1, 0.15) is 47.8 Å². The summed E-state index contributed by atoms with van der Waals surface area (Å²) in [5.74, 6) is -0.0502. The first kappa shape index (κ1) is 23.5. The van der Waals surface area contributed by atoms with Gasteiger partial charge in [0.15, 0.2) is 10.9 Å². The van der Waals surface area contributed by atoms with E-state index in [2.05, 4.69) is 20.5 Å². The second kappa shape index (κ2) is 10.5. The zero-order valence-electron chi connectivity index (χ0n) is 18.6. The summed E-state index contributed by atoms with van der Waals surface area (Å²) >= 11 is 7.49. The molecule has 0 unspecified atom stereocenters. The Balaban J connectivity index is 1.37. The number of carbonyl (C=O) groups is 3. The van der Waals surface area contributed by atoms with Crippen molar-refractivity contribution >= 4 is 51.6 Å². The van der Waals surface area contributed by atoms with E-state index < -0.39 is 0 Å². The van der Waals surface area contributed by atoms with Crippen LogP contribution in [0.15, 0.2) is 24.3 Å². The molecule has 0 radical (unpaired) electrons. The molecule has 10 heteroatoms. The quantitative estimate of drug-likeness (QED) is 0.647. The third-order valence-electron chi connectivity index (χ3n) is 6.05. The third kappa shape index (κ3) is 5.65. The van der Waals surface area contributed by atoms with Crippen LogP contribution in [0, 0.1) is 5.92 Å². The lowest BCUT2D eigenvalue weighted by atomic mass is 9.96. The molecule has 2 aliphatic rings. The minimum Gasteiger partial charge on any atom is -0.352 e. The Kier molecular flexibility index (Phi) is 7.49. The van der Waals surface area contributed by atoms with Gasteiger partial charge in [-0.2, -0.15) is 0 Å². The molecule has 176 valence electrons. The number of rotatable bonds is 6. The normalized spacial score (nSPS) is 16.7. The minimum atomic E-state index is -0.253. The SMILES string of the molecule is CC(=O)Nc1nc(N2CCC(C(=O)NCc3ccccc3Cl)CC2)sc1C(=O)N1CCCC1. The molecule has 2 N–H and O–H groups in total. The largest absolute Gasteiger partial charge is 0.352 e. The lowest BCUT2D eigenvalue weighted by molar-refractivity contribution is -0.125. The number of anilines is 2. The van der Waals surface area contributed by atoms with E-state index in [1.165, 1.54) is 18.3 Å². The van der Waals surface area contributed by atoms with Gasteiger partial charge in [-0.05, 0) is 37.3 Å². The Hall–Kier alpha value is -2.65. The maximum Gasteiger partial charge on any atom is 0.267 e. The van der Waals surface area contributed by atoms with Crippen LogP contribution < -0.4 is 15.5 Å². The highest BCUT2D eigenvalue weighted by atomic mass is 35.5. The van der Waals surface area contributed by atoms with Crippen molar-refractivity contribution < 1.29 is 14.4 Å². The lowest BCUT2D eigenvalue weighted by Gasteiger charge is -2.31. The average Bonchev–Trinajstić information content (AvgIpc) is 3.48. The number of likely N-dealkylation sites (tertiary alicyclic amines) is 1. The monoisotopic (exact) mass is 489 g/mol. The van der Waals surface area contributed by atoms with Crippen molar-refractivity contribution in [3.8, 4) is 0 Å². The standard InChI is InChI=1S/C23H28ClN5O3S/c1-15(30)26-20-19(22(32)28-10-4-5-11-28)33-23(27-20)29-12-8-16(9-13-29)21(31)25-14-17-6-2-3-7-18(17)24/h2-3,6-7,16H,4-5,8-14H2,1H3,(H,25,31)(H,26,30). The molecular weight excluding hydrogens is 462 g/mol. The summed E-state index contributed by atoms with van der Waals surface area (Å²) in [6.45, 7) is 4.62. The van der Waals surface area contributed by atoms with Crippen LogP contribution in [0.4, 0.5) is 10.9 Å². The highest BCUT2D eigenvalue weighted by Crippen LogP contribution is 2.34. The van der Waals surface area contributed by atoms with Crippen LogP contribution in [0.2, 0.25) is 5.02 Å². The van der Waals surface area contributed by atoms with Gasteiger partial charge in [0.1, 0.15) is 4.88 Å². The summed E-state index contributed by atoms with van der Waals surface area (Å²) in [5, 5.41) is 7.05. The second-order valence-corrected chi connectivity index (χ2v) is 9.81. The molecule has 4 rings (SSSR count). The Labute approximate surface area is 202 Å². The number of nitrogens with one attached hydrogen (secondary N) is 2. The van der Waals surface area contributed by atoms with Crippen LogP contribution in [0.25, 0.3) is 0 Å². The van der Waals surface area contributed by atoms with Crippen molar-refractivity contribution in [2.24, 2.45) is 5.92 Å². The number of thiazole rings is 1. The summed E-state index contributed by atoms with van der Waals surface area (Å²) in [6.07, 6.45) is 3.38. The van der Waals surface area contributed by atoms with E-state index in [0.29, 0.717) is 53.3 Å². The third-order valence-corrected chi connectivity index (χ3v) is 7.52. The minimum absolute atomic E-state index is 0.0255. The summed E-state index contributed by atoms with van der Waals surface area (Å²) in [6, 6.07) is 7.48. The van der Waals surface area contributed by atoms with Gasteiger partial charge in [0.2, 0.25) is 11.8 Å². The van der Waals surface area contributed by atoms with Crippen molar-refractivity contribution in [3.05, 3.63) is 39.7 Å². The fraction of sp³-hybridized carbons (Fsp3) is 0.478. The summed E-state index contributed by atoms with van der Waals surface area (Å²) < 4.78 is 0. The molecule has 0 atom stereocenters. The fourth-order valence-corrected chi connectivity index (χ4v) is 5.45. The van der Waals surface area contributed by atoms with E-state index >= 15 is 0 Å². The molecule has 8 nitrogen and oxygen atoms in total. The molecule has 1 aromatic heterocycles. The molecule has 0 spiro atoms. The van der Waals surface area contributed by atoms with Gasteiger partial charge in [0, 0.05) is 50.6 Å². The van der Waals surface area contributed by atoms with Crippen molar-refractivity contribution in [1.82, 2.24) is 15.2 Å². The number of amides is 3. The number of nitrogens with zero attached hydrogens (tertiary/aromatic N) is 3. The van der Waals surface area contributed by atoms with Crippen LogP contribution in [-0.2, 0) is 16.1 Å². The first-order valence-corrected chi connectivity index (χ1v) is 12.5. The van der Waals surface area contributed by atoms with E-state index in [1.807, 2.05) is 29.2 Å². The highest BCUT2D eigenvalue weighted by molar-refractivity contribution is 7.18. The molecule has 2 aromatic rings. The Bertz CT molecular complexity index is 1030. The molecule has 3 heterocycles. The zero-order valence-corrected chi connectivity index (χ0v) is 20.2. The lowest BCUT2D eigenvalue weighted by Crippen LogP contribution is -2.40. The number of piperidine rings is 1. The van der Waals surface area contributed by atoms with Crippen molar-refractivity contribution in [1.29, 1.82) is 0 Å². The molecule has 0 bridgehead atoms. The first-order chi connectivity index (χ1) is 15.9. The molecule has 0 saturated carbocycles. The molecule has 0 aliphatic carbocycles. The highest BCUT2D eigenvalue weighted by Gasteiger charge is 2.30. The molecule has 2 fully saturated rings. The molecule has 2 saturated heterocycles. The van der Waals surface area contributed by atoms with E-state index in [1.54, 1.807) is 0 Å². The van der Waals surface area contributed by atoms with Gasteiger partial charge in [-0.15, -0.1) is 0 Å². The Morgan fingerprint density at radius 3 is 2.48 bits per heavy atom. The number of halogens is 1. The summed E-state index contributed by atoms with van der Waals surface area (Å²) in [7, 11) is 0. The number of aromatic nitrogens is 1. The van der Waals surface area contributed by atoms with E-state index in [4.69, 9.17) is 11.6 Å². The van der Waals surface area contributed by atoms with E-state index in [-0.39, 0.29) is 23.6 Å². The van der Waals surface area contributed by atoms with Crippen molar-refractivity contribution in [2.75, 3.05) is 36.4 Å². The molecule has 3 amide bonds. The number of benzene rings is 1. The van der Waals surface area contributed by atoms with Gasteiger partial charge in [-0.1, -0.05) is 41.1 Å². The number of hydrogen-bond donors (Lipinski definition) is 2. The molecular formula is C23H28ClN5O3S. The molecule has 2 aliphatic heterocycles. The van der Waals surface area contributed by atoms with Gasteiger partial charge in [-0.25, -0.2) is 4.98 Å². The summed E-state index contributed by atoms with van der Waals surface area (Å²) in [4.78, 5) is 46.2.